The average molecular weight is 459 g/mol. The van der Waals surface area contributed by atoms with E-state index in [9.17, 15) is 13.2 Å². The molecule has 2 aromatic carbocycles. The Balaban J connectivity index is 1.83. The van der Waals surface area contributed by atoms with Crippen molar-refractivity contribution in [3.05, 3.63) is 65.9 Å². The van der Waals surface area contributed by atoms with Gasteiger partial charge in [-0.1, -0.05) is 32.9 Å². The largest absolute Gasteiger partial charge is 0.491 e. The molecule has 0 aliphatic rings. The first-order valence-electron chi connectivity index (χ1n) is 11.0. The van der Waals surface area contributed by atoms with Crippen LogP contribution in [-0.2, 0) is 12.6 Å². The molecule has 0 aliphatic heterocycles. The van der Waals surface area contributed by atoms with E-state index < -0.39 is 11.7 Å². The van der Waals surface area contributed by atoms with E-state index in [1.54, 1.807) is 30.3 Å². The van der Waals surface area contributed by atoms with Crippen LogP contribution in [-0.4, -0.2) is 16.1 Å². The highest BCUT2D eigenvalue weighted by Crippen LogP contribution is 2.35. The summed E-state index contributed by atoms with van der Waals surface area (Å²) in [6, 6.07) is 14.4. The van der Waals surface area contributed by atoms with Crippen LogP contribution in [0.1, 0.15) is 45.2 Å². The lowest BCUT2D eigenvalue weighted by atomic mass is 10.0. The van der Waals surface area contributed by atoms with Gasteiger partial charge in [0.05, 0.1) is 6.10 Å². The number of aromatic nitrogens is 2. The maximum atomic E-state index is 13.6. The lowest BCUT2D eigenvalue weighted by Crippen LogP contribution is -2.13. The Kier molecular flexibility index (Phi) is 7.79. The van der Waals surface area contributed by atoms with E-state index in [0.717, 1.165) is 24.6 Å². The van der Waals surface area contributed by atoms with Gasteiger partial charge >= 0.3 is 6.18 Å². The molecule has 3 rings (SSSR count). The molecule has 1 heterocycles. The van der Waals surface area contributed by atoms with E-state index in [1.165, 1.54) is 0 Å². The Morgan fingerprint density at radius 1 is 0.970 bits per heavy atom. The molecule has 0 saturated heterocycles. The smallest absolute Gasteiger partial charge is 0.421 e. The molecular formula is C25H29F3N4O. The Morgan fingerprint density at radius 3 is 2.33 bits per heavy atom. The molecular weight excluding hydrogens is 429 g/mol. The number of halogens is 3. The number of alkyl halides is 3. The topological polar surface area (TPSA) is 59.1 Å². The van der Waals surface area contributed by atoms with Crippen molar-refractivity contribution in [1.82, 2.24) is 9.97 Å². The minimum Gasteiger partial charge on any atom is -0.491 e. The molecule has 8 heteroatoms. The second-order valence-electron chi connectivity index (χ2n) is 8.36. The minimum absolute atomic E-state index is 0.0550. The number of nitrogens with zero attached hydrogens (tertiary/aromatic N) is 2. The maximum absolute atomic E-state index is 13.6. The quantitative estimate of drug-likeness (QED) is 0.351. The maximum Gasteiger partial charge on any atom is 0.421 e. The highest BCUT2D eigenvalue weighted by molar-refractivity contribution is 5.63. The van der Waals surface area contributed by atoms with Crippen LogP contribution in [0, 0.1) is 5.92 Å². The predicted molar refractivity (Wildman–Crippen MR) is 125 cm³/mol. The van der Waals surface area contributed by atoms with Crippen LogP contribution in [0.5, 0.6) is 5.75 Å². The highest BCUT2D eigenvalue weighted by atomic mass is 19.4. The third-order valence-electron chi connectivity index (χ3n) is 4.95. The van der Waals surface area contributed by atoms with E-state index >= 15 is 0 Å². The van der Waals surface area contributed by atoms with Crippen LogP contribution in [0.15, 0.2) is 54.7 Å². The molecule has 1 atom stereocenters. The Hall–Kier alpha value is -3.29. The van der Waals surface area contributed by atoms with Gasteiger partial charge in [0, 0.05) is 17.6 Å². The molecule has 176 valence electrons. The summed E-state index contributed by atoms with van der Waals surface area (Å²) in [6.45, 7) is 8.20. The summed E-state index contributed by atoms with van der Waals surface area (Å²) < 4.78 is 46.5. The lowest BCUT2D eigenvalue weighted by Gasteiger charge is -2.16. The fraction of sp³-hybridized carbons (Fsp3) is 0.360. The second kappa shape index (κ2) is 10.6. The molecule has 1 aromatic heterocycles. The number of hydrogen-bond donors (Lipinski definition) is 2. The molecule has 0 radical (unpaired) electrons. The molecule has 5 nitrogen and oxygen atoms in total. The van der Waals surface area contributed by atoms with Gasteiger partial charge in [0.25, 0.3) is 0 Å². The summed E-state index contributed by atoms with van der Waals surface area (Å²) in [4.78, 5) is 7.99. The fourth-order valence-corrected chi connectivity index (χ4v) is 3.19. The molecule has 2 N–H and O–H groups in total. The van der Waals surface area contributed by atoms with Gasteiger partial charge in [-0.2, -0.15) is 18.2 Å². The summed E-state index contributed by atoms with van der Waals surface area (Å²) in [6.07, 6.45) is -2.00. The van der Waals surface area contributed by atoms with Crippen molar-refractivity contribution in [2.45, 2.75) is 52.8 Å². The van der Waals surface area contributed by atoms with E-state index in [-0.39, 0.29) is 17.9 Å². The van der Waals surface area contributed by atoms with Crippen molar-refractivity contribution in [2.75, 3.05) is 10.6 Å². The summed E-state index contributed by atoms with van der Waals surface area (Å²) >= 11 is 0. The first-order valence-corrected chi connectivity index (χ1v) is 11.0. The van der Waals surface area contributed by atoms with Crippen molar-refractivity contribution in [1.29, 1.82) is 0 Å². The van der Waals surface area contributed by atoms with Crippen molar-refractivity contribution < 1.29 is 17.9 Å². The average Bonchev–Trinajstić information content (AvgIpc) is 2.74. The zero-order chi connectivity index (χ0) is 24.0. The van der Waals surface area contributed by atoms with Crippen LogP contribution in [0.2, 0.25) is 0 Å². The van der Waals surface area contributed by atoms with Crippen molar-refractivity contribution in [3.63, 3.8) is 0 Å². The normalized spacial score (nSPS) is 12.5. The van der Waals surface area contributed by atoms with Crippen LogP contribution in [0.25, 0.3) is 0 Å². The Bertz CT molecular complexity index is 1050. The van der Waals surface area contributed by atoms with E-state index in [1.807, 2.05) is 32.0 Å². The molecule has 0 saturated carbocycles. The molecule has 0 bridgehead atoms. The van der Waals surface area contributed by atoms with Crippen LogP contribution >= 0.6 is 0 Å². The van der Waals surface area contributed by atoms with Crippen LogP contribution in [0.4, 0.5) is 36.3 Å². The zero-order valence-electron chi connectivity index (χ0n) is 19.2. The number of hydrogen-bond acceptors (Lipinski definition) is 5. The van der Waals surface area contributed by atoms with Gasteiger partial charge in [0.2, 0.25) is 5.95 Å². The van der Waals surface area contributed by atoms with Gasteiger partial charge in [-0.25, -0.2) is 4.98 Å². The first-order chi connectivity index (χ1) is 15.6. The standard InChI is InChI=1S/C25H29F3N4O/c1-5-17(4)33-21-11-9-19(10-12-21)31-24-29-15-22(25(26,27)28)23(32-24)30-20-8-6-7-18(14-20)13-16(2)3/h6-12,14-17H,5,13H2,1-4H3,(H2,29,30,31,32). The van der Waals surface area contributed by atoms with Crippen molar-refractivity contribution in [2.24, 2.45) is 5.92 Å². The van der Waals surface area contributed by atoms with Gasteiger partial charge in [-0.15, -0.1) is 0 Å². The van der Waals surface area contributed by atoms with Crippen molar-refractivity contribution >= 4 is 23.1 Å². The molecule has 0 aliphatic carbocycles. The number of ether oxygens (including phenoxy) is 1. The molecule has 0 fully saturated rings. The van der Waals surface area contributed by atoms with Gasteiger partial charge in [0.15, 0.2) is 0 Å². The lowest BCUT2D eigenvalue weighted by molar-refractivity contribution is -0.137. The number of anilines is 4. The molecule has 33 heavy (non-hydrogen) atoms. The van der Waals surface area contributed by atoms with Gasteiger partial charge < -0.3 is 15.4 Å². The highest BCUT2D eigenvalue weighted by Gasteiger charge is 2.35. The summed E-state index contributed by atoms with van der Waals surface area (Å²) in [5.41, 5.74) is 1.28. The summed E-state index contributed by atoms with van der Waals surface area (Å²) in [5, 5.41) is 5.78. The van der Waals surface area contributed by atoms with E-state index in [4.69, 9.17) is 4.74 Å². The summed E-state index contributed by atoms with van der Waals surface area (Å²) in [7, 11) is 0. The van der Waals surface area contributed by atoms with Gasteiger partial charge in [-0.05, 0) is 67.6 Å². The zero-order valence-corrected chi connectivity index (χ0v) is 19.2. The molecule has 1 unspecified atom stereocenters. The molecule has 0 amide bonds. The third-order valence-corrected chi connectivity index (χ3v) is 4.95. The monoisotopic (exact) mass is 458 g/mol. The number of benzene rings is 2. The third kappa shape index (κ3) is 7.10. The van der Waals surface area contributed by atoms with Crippen molar-refractivity contribution in [3.8, 4) is 5.75 Å². The number of nitrogens with one attached hydrogen (secondary N) is 2. The second-order valence-corrected chi connectivity index (χ2v) is 8.36. The SMILES string of the molecule is CCC(C)Oc1ccc(Nc2ncc(C(F)(F)F)c(Nc3cccc(CC(C)C)c3)n2)cc1. The fourth-order valence-electron chi connectivity index (χ4n) is 3.19. The Morgan fingerprint density at radius 2 is 1.70 bits per heavy atom. The van der Waals surface area contributed by atoms with Crippen LogP contribution in [0.3, 0.4) is 0 Å². The Labute approximate surface area is 192 Å². The molecule has 3 aromatic rings. The summed E-state index contributed by atoms with van der Waals surface area (Å²) in [5.74, 6) is 0.896. The minimum atomic E-state index is -4.59. The molecule has 0 spiro atoms. The van der Waals surface area contributed by atoms with Gasteiger partial charge in [0.1, 0.15) is 17.1 Å². The number of rotatable bonds is 9. The van der Waals surface area contributed by atoms with Crippen LogP contribution < -0.4 is 15.4 Å². The van der Waals surface area contributed by atoms with E-state index in [0.29, 0.717) is 23.0 Å². The van der Waals surface area contributed by atoms with E-state index in [2.05, 4.69) is 34.4 Å². The van der Waals surface area contributed by atoms with Gasteiger partial charge in [-0.3, -0.25) is 0 Å². The predicted octanol–water partition coefficient (Wildman–Crippen LogP) is 7.36. The first kappa shape index (κ1) is 24.4.